The number of nitrogens with two attached hydrogens (primary N) is 1. The van der Waals surface area contributed by atoms with E-state index in [0.717, 1.165) is 31.6 Å². The molecule has 1 atom stereocenters. The lowest BCUT2D eigenvalue weighted by Gasteiger charge is -2.43. The summed E-state index contributed by atoms with van der Waals surface area (Å²) in [5.74, 6) is 0.872. The quantitative estimate of drug-likeness (QED) is 0.647. The van der Waals surface area contributed by atoms with Crippen LogP contribution in [0.5, 0.6) is 0 Å². The van der Waals surface area contributed by atoms with Crippen molar-refractivity contribution in [3.63, 3.8) is 0 Å². The topological polar surface area (TPSA) is 46.2 Å². The molecule has 0 aromatic heterocycles. The molecule has 3 N–H and O–H groups in total. The van der Waals surface area contributed by atoms with Crippen molar-refractivity contribution >= 4 is 0 Å². The lowest BCUT2D eigenvalue weighted by molar-refractivity contribution is -0.0146. The van der Waals surface area contributed by atoms with Gasteiger partial charge < -0.3 is 10.8 Å². The van der Waals surface area contributed by atoms with Crippen LogP contribution in [0.25, 0.3) is 0 Å². The van der Waals surface area contributed by atoms with Crippen molar-refractivity contribution in [2.24, 2.45) is 17.1 Å². The highest BCUT2D eigenvalue weighted by molar-refractivity contribution is 4.91. The number of hydrogen-bond acceptors (Lipinski definition) is 2. The van der Waals surface area contributed by atoms with Crippen LogP contribution in [0.4, 0.5) is 0 Å². The minimum absolute atomic E-state index is 0.0396. The van der Waals surface area contributed by atoms with Gasteiger partial charge in [-0.3, -0.25) is 0 Å². The average Bonchev–Trinajstić information content (AvgIpc) is 2.43. The molecule has 1 aliphatic rings. The van der Waals surface area contributed by atoms with Gasteiger partial charge in [0.2, 0.25) is 0 Å². The predicted molar refractivity (Wildman–Crippen MR) is 78.5 cm³/mol. The molecule has 0 heterocycles. The van der Waals surface area contributed by atoms with E-state index in [0.29, 0.717) is 6.54 Å². The lowest BCUT2D eigenvalue weighted by atomic mass is 9.66. The van der Waals surface area contributed by atoms with Gasteiger partial charge in [-0.2, -0.15) is 0 Å². The summed E-state index contributed by atoms with van der Waals surface area (Å²) < 4.78 is 0. The maximum Gasteiger partial charge on any atom is 0.0608 e. The Hall–Kier alpha value is -0.0800. The van der Waals surface area contributed by atoms with E-state index >= 15 is 0 Å². The van der Waals surface area contributed by atoms with E-state index in [1.807, 2.05) is 0 Å². The van der Waals surface area contributed by atoms with Crippen molar-refractivity contribution < 1.29 is 5.11 Å². The van der Waals surface area contributed by atoms with Crippen LogP contribution in [0, 0.1) is 11.3 Å². The van der Waals surface area contributed by atoms with Crippen LogP contribution >= 0.6 is 0 Å². The fourth-order valence-electron chi connectivity index (χ4n) is 3.40. The number of unbranched alkanes of at least 4 members (excludes halogenated alkanes) is 3. The van der Waals surface area contributed by atoms with Crippen molar-refractivity contribution in [1.82, 2.24) is 0 Å². The molecule has 0 aromatic rings. The zero-order valence-electron chi connectivity index (χ0n) is 12.5. The molecule has 18 heavy (non-hydrogen) atoms. The van der Waals surface area contributed by atoms with Crippen LogP contribution in [-0.2, 0) is 0 Å². The van der Waals surface area contributed by atoms with E-state index in [1.54, 1.807) is 0 Å². The van der Waals surface area contributed by atoms with E-state index < -0.39 is 0 Å². The Bertz CT molecular complexity index is 209. The van der Waals surface area contributed by atoms with Gasteiger partial charge >= 0.3 is 0 Å². The van der Waals surface area contributed by atoms with Crippen molar-refractivity contribution in [3.05, 3.63) is 0 Å². The SMILES string of the molecule is CCCCCCC(O)C1(CN)CCC(CC)CC1. The van der Waals surface area contributed by atoms with Gasteiger partial charge in [0.25, 0.3) is 0 Å². The van der Waals surface area contributed by atoms with Gasteiger partial charge in [-0.1, -0.05) is 46.0 Å². The molecule has 0 amide bonds. The van der Waals surface area contributed by atoms with Gasteiger partial charge in [0.15, 0.2) is 0 Å². The largest absolute Gasteiger partial charge is 0.393 e. The zero-order chi connectivity index (χ0) is 13.4. The smallest absolute Gasteiger partial charge is 0.0608 e. The normalized spacial score (nSPS) is 30.3. The van der Waals surface area contributed by atoms with Crippen LogP contribution in [0.1, 0.15) is 78.1 Å². The fraction of sp³-hybridized carbons (Fsp3) is 1.00. The standard InChI is InChI=1S/C16H33NO/c1-3-5-6-7-8-15(18)16(13-17)11-9-14(4-2)10-12-16/h14-15,18H,3-13,17H2,1-2H3. The summed E-state index contributed by atoms with van der Waals surface area (Å²) in [6.07, 6.45) is 11.8. The third-order valence-electron chi connectivity index (χ3n) is 5.12. The predicted octanol–water partition coefficient (Wildman–Crippen LogP) is 3.86. The molecule has 0 radical (unpaired) electrons. The molecule has 1 aliphatic carbocycles. The molecule has 1 unspecified atom stereocenters. The minimum atomic E-state index is -0.169. The first kappa shape index (κ1) is 16.0. The fourth-order valence-corrected chi connectivity index (χ4v) is 3.40. The first-order valence-electron chi connectivity index (χ1n) is 8.06. The summed E-state index contributed by atoms with van der Waals surface area (Å²) in [6, 6.07) is 0. The average molecular weight is 255 g/mol. The summed E-state index contributed by atoms with van der Waals surface area (Å²) in [6.45, 7) is 5.17. The Kier molecular flexibility index (Phi) is 7.25. The van der Waals surface area contributed by atoms with E-state index in [4.69, 9.17) is 5.73 Å². The molecule has 0 saturated heterocycles. The lowest BCUT2D eigenvalue weighted by Crippen LogP contribution is -2.44. The first-order valence-corrected chi connectivity index (χ1v) is 8.06. The second kappa shape index (κ2) is 8.16. The van der Waals surface area contributed by atoms with E-state index in [1.165, 1.54) is 38.5 Å². The first-order chi connectivity index (χ1) is 8.68. The Balaban J connectivity index is 2.39. The second-order valence-electron chi connectivity index (χ2n) is 6.28. The van der Waals surface area contributed by atoms with Gasteiger partial charge in [0.05, 0.1) is 6.10 Å². The summed E-state index contributed by atoms with van der Waals surface area (Å²) in [7, 11) is 0. The molecule has 0 aromatic carbocycles. The Morgan fingerprint density at radius 3 is 2.33 bits per heavy atom. The monoisotopic (exact) mass is 255 g/mol. The van der Waals surface area contributed by atoms with Crippen LogP contribution in [-0.4, -0.2) is 17.8 Å². The molecule has 1 rings (SSSR count). The van der Waals surface area contributed by atoms with E-state index in [-0.39, 0.29) is 11.5 Å². The Morgan fingerprint density at radius 2 is 1.83 bits per heavy atom. The number of hydrogen-bond donors (Lipinski definition) is 2. The molecule has 108 valence electrons. The van der Waals surface area contributed by atoms with Crippen molar-refractivity contribution in [2.45, 2.75) is 84.2 Å². The minimum Gasteiger partial charge on any atom is -0.393 e. The van der Waals surface area contributed by atoms with Crippen molar-refractivity contribution in [2.75, 3.05) is 6.54 Å². The van der Waals surface area contributed by atoms with Gasteiger partial charge in [-0.15, -0.1) is 0 Å². The number of aliphatic hydroxyl groups excluding tert-OH is 1. The van der Waals surface area contributed by atoms with E-state index in [9.17, 15) is 5.11 Å². The highest BCUT2D eigenvalue weighted by atomic mass is 16.3. The van der Waals surface area contributed by atoms with Gasteiger partial charge in [0, 0.05) is 12.0 Å². The molecular formula is C16H33NO. The summed E-state index contributed by atoms with van der Waals surface area (Å²) >= 11 is 0. The van der Waals surface area contributed by atoms with Crippen molar-refractivity contribution in [1.29, 1.82) is 0 Å². The third kappa shape index (κ3) is 4.24. The Morgan fingerprint density at radius 1 is 1.17 bits per heavy atom. The summed E-state index contributed by atoms with van der Waals surface area (Å²) in [4.78, 5) is 0. The molecule has 1 saturated carbocycles. The zero-order valence-corrected chi connectivity index (χ0v) is 12.5. The third-order valence-corrected chi connectivity index (χ3v) is 5.12. The van der Waals surface area contributed by atoms with Crippen molar-refractivity contribution in [3.8, 4) is 0 Å². The number of rotatable bonds is 8. The van der Waals surface area contributed by atoms with Gasteiger partial charge in [-0.25, -0.2) is 0 Å². The molecule has 0 bridgehead atoms. The number of aliphatic hydroxyl groups is 1. The van der Waals surface area contributed by atoms with Gasteiger partial charge in [0.1, 0.15) is 0 Å². The molecule has 1 fully saturated rings. The molecule has 0 spiro atoms. The van der Waals surface area contributed by atoms with Crippen LogP contribution in [0.15, 0.2) is 0 Å². The molecular weight excluding hydrogens is 222 g/mol. The van der Waals surface area contributed by atoms with Crippen LogP contribution in [0.3, 0.4) is 0 Å². The molecule has 2 nitrogen and oxygen atoms in total. The molecule has 2 heteroatoms. The maximum absolute atomic E-state index is 10.5. The highest BCUT2D eigenvalue weighted by Crippen LogP contribution is 2.43. The maximum atomic E-state index is 10.5. The Labute approximate surface area is 113 Å². The summed E-state index contributed by atoms with van der Waals surface area (Å²) in [5.41, 5.74) is 6.04. The molecule has 0 aliphatic heterocycles. The van der Waals surface area contributed by atoms with Gasteiger partial charge in [-0.05, 0) is 38.0 Å². The van der Waals surface area contributed by atoms with Crippen LogP contribution in [0.2, 0.25) is 0 Å². The summed E-state index contributed by atoms with van der Waals surface area (Å²) in [5, 5.41) is 10.5. The van der Waals surface area contributed by atoms with E-state index in [2.05, 4.69) is 13.8 Å². The second-order valence-corrected chi connectivity index (χ2v) is 6.28. The van der Waals surface area contributed by atoms with Crippen LogP contribution < -0.4 is 5.73 Å². The highest BCUT2D eigenvalue weighted by Gasteiger charge is 2.39.